The van der Waals surface area contributed by atoms with Gasteiger partial charge in [-0.1, -0.05) is 12.1 Å². The molecule has 0 fully saturated rings. The van der Waals surface area contributed by atoms with Gasteiger partial charge in [0.15, 0.2) is 0 Å². The maximum Gasteiger partial charge on any atom is 0.262 e. The lowest BCUT2D eigenvalue weighted by molar-refractivity contribution is 0.0880. The Hall–Kier alpha value is -3.30. The third-order valence-electron chi connectivity index (χ3n) is 4.04. The van der Waals surface area contributed by atoms with E-state index < -0.39 is 17.4 Å². The van der Waals surface area contributed by atoms with Crippen molar-refractivity contribution in [3.05, 3.63) is 62.9 Å². The number of pyridine rings is 1. The van der Waals surface area contributed by atoms with Crippen molar-refractivity contribution in [1.29, 1.82) is 0 Å². The van der Waals surface area contributed by atoms with E-state index in [0.29, 0.717) is 22.0 Å². The Bertz CT molecular complexity index is 1130. The Balaban J connectivity index is 1.98. The maximum absolute atomic E-state index is 12.6. The Kier molecular flexibility index (Phi) is 3.67. The predicted octanol–water partition coefficient (Wildman–Crippen LogP) is 0.919. The highest BCUT2D eigenvalue weighted by Gasteiger charge is 2.32. The number of aliphatic hydroxyl groups is 1. The zero-order chi connectivity index (χ0) is 18.4. The molecular weight excluding hydrogens is 356 g/mol. The molecule has 0 spiro atoms. The fraction of sp³-hybridized carbons (Fsp3) is 0.0588. The zero-order valence-electron chi connectivity index (χ0n) is 13.2. The molecule has 2 aromatic heterocycles. The van der Waals surface area contributed by atoms with Crippen LogP contribution in [0.5, 0.6) is 0 Å². The van der Waals surface area contributed by atoms with Crippen LogP contribution >= 0.6 is 11.3 Å². The van der Waals surface area contributed by atoms with Crippen molar-refractivity contribution < 1.29 is 14.7 Å². The van der Waals surface area contributed by atoms with Crippen LogP contribution in [-0.4, -0.2) is 26.5 Å². The fourth-order valence-corrected chi connectivity index (χ4v) is 3.73. The van der Waals surface area contributed by atoms with E-state index in [1.54, 1.807) is 29.6 Å². The van der Waals surface area contributed by atoms with Gasteiger partial charge in [-0.3, -0.25) is 24.3 Å². The lowest BCUT2D eigenvalue weighted by atomic mass is 10.1. The number of carbonyl (C=O) groups excluding carboxylic acids is 2. The Morgan fingerprint density at radius 2 is 1.92 bits per heavy atom. The molecule has 1 aliphatic heterocycles. The summed E-state index contributed by atoms with van der Waals surface area (Å²) in [5, 5.41) is 13.7. The second-order valence-corrected chi connectivity index (χ2v) is 6.45. The molecule has 0 unspecified atom stereocenters. The number of thiazole rings is 1. The molecule has 1 aromatic carbocycles. The molecule has 8 nitrogen and oxygen atoms in total. The predicted molar refractivity (Wildman–Crippen MR) is 95.3 cm³/mol. The highest BCUT2D eigenvalue weighted by molar-refractivity contribution is 7.13. The Morgan fingerprint density at radius 3 is 2.65 bits per heavy atom. The average molecular weight is 368 g/mol. The van der Waals surface area contributed by atoms with Gasteiger partial charge in [-0.25, -0.2) is 4.98 Å². The van der Waals surface area contributed by atoms with Crippen LogP contribution in [0.15, 0.2) is 40.5 Å². The number of aromatic nitrogens is 2. The standard InChI is InChI=1S/C17H12N4O4S/c18-14-13-10(15(24)20-16(13)25)5-12(23)21(14)11-4-2-1-3-9(11)17-19-8(6-22)7-26-17/h1-5,7,22H,6,18H2,(H,20,24,25). The second kappa shape index (κ2) is 5.90. The minimum atomic E-state index is -0.637. The van der Waals surface area contributed by atoms with Crippen molar-refractivity contribution in [2.75, 3.05) is 5.73 Å². The van der Waals surface area contributed by atoms with Gasteiger partial charge in [0.2, 0.25) is 0 Å². The normalized spacial score (nSPS) is 13.0. The topological polar surface area (TPSA) is 127 Å². The summed E-state index contributed by atoms with van der Waals surface area (Å²) < 4.78 is 1.19. The molecule has 130 valence electrons. The number of para-hydroxylation sites is 1. The first-order chi connectivity index (χ1) is 12.5. The molecule has 1 aliphatic rings. The lowest BCUT2D eigenvalue weighted by Gasteiger charge is -2.14. The summed E-state index contributed by atoms with van der Waals surface area (Å²) in [6.45, 7) is -0.193. The first-order valence-corrected chi connectivity index (χ1v) is 8.45. The maximum atomic E-state index is 12.6. The van der Waals surface area contributed by atoms with E-state index >= 15 is 0 Å². The monoisotopic (exact) mass is 368 g/mol. The molecule has 4 rings (SSSR count). The number of fused-ring (bicyclic) bond motifs is 1. The first-order valence-electron chi connectivity index (χ1n) is 7.57. The van der Waals surface area contributed by atoms with E-state index in [0.717, 1.165) is 6.07 Å². The van der Waals surface area contributed by atoms with Crippen LogP contribution in [0.1, 0.15) is 26.4 Å². The van der Waals surface area contributed by atoms with E-state index in [1.165, 1.54) is 15.9 Å². The van der Waals surface area contributed by atoms with E-state index in [-0.39, 0.29) is 23.6 Å². The number of imide groups is 1. The third kappa shape index (κ3) is 2.33. The minimum Gasteiger partial charge on any atom is -0.390 e. The number of amides is 2. The molecule has 9 heteroatoms. The first kappa shape index (κ1) is 16.2. The summed E-state index contributed by atoms with van der Waals surface area (Å²) in [6.07, 6.45) is 0. The number of hydrogen-bond acceptors (Lipinski definition) is 7. The van der Waals surface area contributed by atoms with Gasteiger partial charge < -0.3 is 10.8 Å². The molecule has 0 radical (unpaired) electrons. The number of benzene rings is 1. The van der Waals surface area contributed by atoms with Gasteiger partial charge in [0.1, 0.15) is 10.8 Å². The van der Waals surface area contributed by atoms with Gasteiger partial charge >= 0.3 is 0 Å². The van der Waals surface area contributed by atoms with Crippen molar-refractivity contribution in [3.63, 3.8) is 0 Å². The van der Waals surface area contributed by atoms with Gasteiger partial charge in [-0.2, -0.15) is 0 Å². The molecule has 3 aromatic rings. The van der Waals surface area contributed by atoms with Crippen molar-refractivity contribution in [2.24, 2.45) is 0 Å². The van der Waals surface area contributed by atoms with Crippen LogP contribution in [0.3, 0.4) is 0 Å². The van der Waals surface area contributed by atoms with Gasteiger partial charge in [0, 0.05) is 17.0 Å². The summed E-state index contributed by atoms with van der Waals surface area (Å²) in [6, 6.07) is 8.05. The number of rotatable bonds is 3. The molecule has 3 heterocycles. The lowest BCUT2D eigenvalue weighted by Crippen LogP contribution is -2.24. The van der Waals surface area contributed by atoms with Crippen molar-refractivity contribution in [3.8, 4) is 16.3 Å². The minimum absolute atomic E-state index is 0.0143. The SMILES string of the molecule is Nc1c2c(cc(=O)n1-c1ccccc1-c1nc(CO)cs1)C(=O)NC2=O. The number of anilines is 1. The number of aliphatic hydroxyl groups excluding tert-OH is 1. The number of nitrogens with two attached hydrogens (primary N) is 1. The molecule has 4 N–H and O–H groups in total. The molecule has 0 saturated heterocycles. The summed E-state index contributed by atoms with van der Waals surface area (Å²) in [4.78, 5) is 40.8. The zero-order valence-corrected chi connectivity index (χ0v) is 14.0. The van der Waals surface area contributed by atoms with Crippen LogP contribution in [0.4, 0.5) is 5.82 Å². The van der Waals surface area contributed by atoms with Crippen molar-refractivity contribution in [1.82, 2.24) is 14.9 Å². The average Bonchev–Trinajstić information content (AvgIpc) is 3.20. The van der Waals surface area contributed by atoms with Crippen LogP contribution in [-0.2, 0) is 6.61 Å². The van der Waals surface area contributed by atoms with E-state index in [1.807, 2.05) is 0 Å². The highest BCUT2D eigenvalue weighted by Crippen LogP contribution is 2.31. The Labute approximate surface area is 150 Å². The second-order valence-electron chi connectivity index (χ2n) is 5.59. The van der Waals surface area contributed by atoms with Crippen LogP contribution < -0.4 is 16.6 Å². The molecule has 2 amide bonds. The largest absolute Gasteiger partial charge is 0.390 e. The van der Waals surface area contributed by atoms with E-state index in [2.05, 4.69) is 10.3 Å². The number of nitrogen functional groups attached to an aromatic ring is 1. The number of hydrogen-bond donors (Lipinski definition) is 3. The van der Waals surface area contributed by atoms with Crippen LogP contribution in [0.25, 0.3) is 16.3 Å². The number of nitrogens with zero attached hydrogens (tertiary/aromatic N) is 2. The molecule has 0 bridgehead atoms. The van der Waals surface area contributed by atoms with Gasteiger partial charge in [-0.05, 0) is 12.1 Å². The summed E-state index contributed by atoms with van der Waals surface area (Å²) >= 11 is 1.31. The van der Waals surface area contributed by atoms with E-state index in [9.17, 15) is 19.5 Å². The Morgan fingerprint density at radius 1 is 1.15 bits per heavy atom. The highest BCUT2D eigenvalue weighted by atomic mass is 32.1. The fourth-order valence-electron chi connectivity index (χ4n) is 2.88. The smallest absolute Gasteiger partial charge is 0.262 e. The molecule has 0 saturated carbocycles. The van der Waals surface area contributed by atoms with Crippen molar-refractivity contribution in [2.45, 2.75) is 6.61 Å². The van der Waals surface area contributed by atoms with Gasteiger partial charge in [0.05, 0.1) is 29.1 Å². The van der Waals surface area contributed by atoms with Crippen LogP contribution in [0.2, 0.25) is 0 Å². The summed E-state index contributed by atoms with van der Waals surface area (Å²) in [5.41, 5.74) is 7.09. The number of carbonyl (C=O) groups is 2. The van der Waals surface area contributed by atoms with Gasteiger partial charge in [-0.15, -0.1) is 11.3 Å². The molecule has 0 atom stereocenters. The third-order valence-corrected chi connectivity index (χ3v) is 4.97. The molecular formula is C17H12N4O4S. The van der Waals surface area contributed by atoms with Crippen molar-refractivity contribution >= 4 is 29.0 Å². The molecule has 26 heavy (non-hydrogen) atoms. The van der Waals surface area contributed by atoms with E-state index in [4.69, 9.17) is 5.73 Å². The quantitative estimate of drug-likeness (QED) is 0.590. The molecule has 0 aliphatic carbocycles. The summed E-state index contributed by atoms with van der Waals surface area (Å²) in [5.74, 6) is -1.38. The van der Waals surface area contributed by atoms with Gasteiger partial charge in [0.25, 0.3) is 17.4 Å². The number of nitrogens with one attached hydrogen (secondary N) is 1. The van der Waals surface area contributed by atoms with Crippen LogP contribution in [0, 0.1) is 0 Å². The summed E-state index contributed by atoms with van der Waals surface area (Å²) in [7, 11) is 0.